The summed E-state index contributed by atoms with van der Waals surface area (Å²) in [4.78, 5) is 0. The number of nitrogens with one attached hydrogen (secondary N) is 1. The van der Waals surface area contributed by atoms with E-state index < -0.39 is 0 Å². The van der Waals surface area contributed by atoms with E-state index in [1.165, 1.54) is 0 Å². The van der Waals surface area contributed by atoms with E-state index in [4.69, 9.17) is 4.42 Å². The number of hydrogen-bond donors (Lipinski definition) is 2. The first-order valence-corrected chi connectivity index (χ1v) is 5.47. The molecule has 1 heterocycles. The highest BCUT2D eigenvalue weighted by molar-refractivity contribution is 5.10. The van der Waals surface area contributed by atoms with E-state index in [0.717, 1.165) is 18.5 Å². The van der Waals surface area contributed by atoms with Gasteiger partial charge in [-0.05, 0) is 19.4 Å². The maximum absolute atomic E-state index is 9.27. The molecule has 0 fully saturated rings. The van der Waals surface area contributed by atoms with Crippen LogP contribution in [0.15, 0.2) is 23.0 Å². The second-order valence-electron chi connectivity index (χ2n) is 4.48. The molecule has 3 nitrogen and oxygen atoms in total. The van der Waals surface area contributed by atoms with Crippen LogP contribution in [-0.4, -0.2) is 18.3 Å². The van der Waals surface area contributed by atoms with Gasteiger partial charge in [-0.15, -0.1) is 0 Å². The Bertz CT molecular complexity index is 265. The number of rotatable bonds is 6. The van der Waals surface area contributed by atoms with Crippen LogP contribution in [0.1, 0.15) is 38.8 Å². The smallest absolute Gasteiger partial charge is 0.0950 e. The summed E-state index contributed by atoms with van der Waals surface area (Å²) in [5, 5.41) is 12.7. The van der Waals surface area contributed by atoms with Gasteiger partial charge in [0.1, 0.15) is 0 Å². The molecule has 0 amide bonds. The number of aliphatic hydroxyl groups is 1. The molecule has 0 radical (unpaired) electrons. The molecule has 0 aliphatic rings. The van der Waals surface area contributed by atoms with Gasteiger partial charge in [-0.2, -0.15) is 0 Å². The van der Waals surface area contributed by atoms with E-state index in [-0.39, 0.29) is 18.1 Å². The third kappa shape index (κ3) is 3.36. The molecular weight excluding hydrogens is 190 g/mol. The zero-order chi connectivity index (χ0) is 11.3. The number of hydrogen-bond acceptors (Lipinski definition) is 3. The van der Waals surface area contributed by atoms with Crippen LogP contribution in [0.4, 0.5) is 0 Å². The maximum Gasteiger partial charge on any atom is 0.0950 e. The van der Waals surface area contributed by atoms with Crippen LogP contribution in [0.3, 0.4) is 0 Å². The van der Waals surface area contributed by atoms with E-state index in [1.807, 2.05) is 6.07 Å². The molecule has 15 heavy (non-hydrogen) atoms. The third-order valence-corrected chi connectivity index (χ3v) is 3.11. The van der Waals surface area contributed by atoms with E-state index in [9.17, 15) is 5.11 Å². The van der Waals surface area contributed by atoms with Gasteiger partial charge in [-0.3, -0.25) is 0 Å². The lowest BCUT2D eigenvalue weighted by atomic mass is 9.88. The first-order valence-electron chi connectivity index (χ1n) is 5.47. The van der Waals surface area contributed by atoms with Crippen molar-refractivity contribution < 1.29 is 9.52 Å². The molecule has 1 aromatic rings. The van der Waals surface area contributed by atoms with Gasteiger partial charge >= 0.3 is 0 Å². The van der Waals surface area contributed by atoms with Crippen molar-refractivity contribution in [2.75, 3.05) is 13.2 Å². The van der Waals surface area contributed by atoms with Gasteiger partial charge in [-0.1, -0.05) is 13.8 Å². The fourth-order valence-electron chi connectivity index (χ4n) is 1.33. The molecular formula is C12H21NO2. The third-order valence-electron chi connectivity index (χ3n) is 3.11. The van der Waals surface area contributed by atoms with E-state index in [0.29, 0.717) is 0 Å². The molecule has 0 spiro atoms. The van der Waals surface area contributed by atoms with Crippen molar-refractivity contribution in [2.45, 2.75) is 33.2 Å². The van der Waals surface area contributed by atoms with Gasteiger partial charge in [0.25, 0.3) is 0 Å². The van der Waals surface area contributed by atoms with Crippen LogP contribution in [0, 0.1) is 5.41 Å². The van der Waals surface area contributed by atoms with Gasteiger partial charge in [0, 0.05) is 30.2 Å². The van der Waals surface area contributed by atoms with Gasteiger partial charge in [0.05, 0.1) is 12.5 Å². The van der Waals surface area contributed by atoms with Gasteiger partial charge in [-0.25, -0.2) is 0 Å². The first kappa shape index (κ1) is 12.3. The Labute approximate surface area is 91.5 Å². The zero-order valence-electron chi connectivity index (χ0n) is 9.79. The average Bonchev–Trinajstić information content (AvgIpc) is 2.79. The highest BCUT2D eigenvalue weighted by atomic mass is 16.3. The minimum atomic E-state index is -0.0298. The van der Waals surface area contributed by atoms with Crippen LogP contribution in [0.25, 0.3) is 0 Å². The quantitative estimate of drug-likeness (QED) is 0.759. The summed E-state index contributed by atoms with van der Waals surface area (Å²) in [5.74, 6) is 0. The van der Waals surface area contributed by atoms with Crippen LogP contribution < -0.4 is 5.32 Å². The molecule has 2 N–H and O–H groups in total. The van der Waals surface area contributed by atoms with Crippen molar-refractivity contribution in [3.63, 3.8) is 0 Å². The normalized spacial score (nSPS) is 17.3. The molecule has 86 valence electrons. The molecule has 1 rings (SSSR count). The second-order valence-corrected chi connectivity index (χ2v) is 4.48. The van der Waals surface area contributed by atoms with Crippen molar-refractivity contribution in [3.8, 4) is 0 Å². The van der Waals surface area contributed by atoms with Crippen molar-refractivity contribution in [1.29, 1.82) is 0 Å². The van der Waals surface area contributed by atoms with Crippen molar-refractivity contribution in [2.24, 2.45) is 5.41 Å². The van der Waals surface area contributed by atoms with Crippen molar-refractivity contribution >= 4 is 0 Å². The molecule has 1 aromatic heterocycles. The largest absolute Gasteiger partial charge is 0.472 e. The SMILES string of the molecule is CCC(C)(CO)CNC(C)c1ccoc1. The van der Waals surface area contributed by atoms with E-state index in [1.54, 1.807) is 12.5 Å². The molecule has 0 aliphatic heterocycles. The fraction of sp³-hybridized carbons (Fsp3) is 0.667. The fourth-order valence-corrected chi connectivity index (χ4v) is 1.33. The summed E-state index contributed by atoms with van der Waals surface area (Å²) < 4.78 is 5.03. The number of aliphatic hydroxyl groups excluding tert-OH is 1. The summed E-state index contributed by atoms with van der Waals surface area (Å²) >= 11 is 0. The zero-order valence-corrected chi connectivity index (χ0v) is 9.79. The molecule has 2 unspecified atom stereocenters. The first-order chi connectivity index (χ1) is 7.11. The minimum absolute atomic E-state index is 0.0298. The molecule has 0 aromatic carbocycles. The lowest BCUT2D eigenvalue weighted by molar-refractivity contribution is 0.132. The monoisotopic (exact) mass is 211 g/mol. The van der Waals surface area contributed by atoms with Crippen LogP contribution in [0.2, 0.25) is 0 Å². The summed E-state index contributed by atoms with van der Waals surface area (Å²) in [5.41, 5.74) is 1.12. The average molecular weight is 211 g/mol. The molecule has 0 bridgehead atoms. The Morgan fingerprint density at radius 2 is 2.33 bits per heavy atom. The summed E-state index contributed by atoms with van der Waals surface area (Å²) in [7, 11) is 0. The summed E-state index contributed by atoms with van der Waals surface area (Å²) in [6.45, 7) is 7.31. The molecule has 2 atom stereocenters. The summed E-state index contributed by atoms with van der Waals surface area (Å²) in [6, 6.07) is 2.22. The molecule has 0 saturated carbocycles. The van der Waals surface area contributed by atoms with Crippen LogP contribution >= 0.6 is 0 Å². The lowest BCUT2D eigenvalue weighted by Gasteiger charge is -2.27. The molecule has 0 saturated heterocycles. The van der Waals surface area contributed by atoms with Gasteiger partial charge < -0.3 is 14.8 Å². The number of furan rings is 1. The topological polar surface area (TPSA) is 45.4 Å². The highest BCUT2D eigenvalue weighted by Gasteiger charge is 2.21. The maximum atomic E-state index is 9.27. The predicted molar refractivity (Wildman–Crippen MR) is 60.6 cm³/mol. The van der Waals surface area contributed by atoms with Crippen molar-refractivity contribution in [3.05, 3.63) is 24.2 Å². The van der Waals surface area contributed by atoms with E-state index >= 15 is 0 Å². The van der Waals surface area contributed by atoms with E-state index in [2.05, 4.69) is 26.1 Å². The lowest BCUT2D eigenvalue weighted by Crippen LogP contribution is -2.35. The van der Waals surface area contributed by atoms with Crippen molar-refractivity contribution in [1.82, 2.24) is 5.32 Å². The minimum Gasteiger partial charge on any atom is -0.472 e. The Morgan fingerprint density at radius 3 is 2.80 bits per heavy atom. The van der Waals surface area contributed by atoms with Crippen LogP contribution in [0.5, 0.6) is 0 Å². The molecule has 0 aliphatic carbocycles. The standard InChI is InChI=1S/C12H21NO2/c1-4-12(3,9-14)8-13-10(2)11-5-6-15-7-11/h5-7,10,13-14H,4,8-9H2,1-3H3. The Hall–Kier alpha value is -0.800. The Kier molecular flexibility index (Phi) is 4.36. The second kappa shape index (κ2) is 5.33. The predicted octanol–water partition coefficient (Wildman–Crippen LogP) is 2.34. The highest BCUT2D eigenvalue weighted by Crippen LogP contribution is 2.21. The molecule has 3 heteroatoms. The Morgan fingerprint density at radius 1 is 1.60 bits per heavy atom. The van der Waals surface area contributed by atoms with Gasteiger partial charge in [0.2, 0.25) is 0 Å². The summed E-state index contributed by atoms with van der Waals surface area (Å²) in [6.07, 6.45) is 4.40. The van der Waals surface area contributed by atoms with Crippen LogP contribution in [-0.2, 0) is 0 Å². The Balaban J connectivity index is 2.43. The van der Waals surface area contributed by atoms with Gasteiger partial charge in [0.15, 0.2) is 0 Å².